The topological polar surface area (TPSA) is 55.1 Å². The van der Waals surface area contributed by atoms with Gasteiger partial charge < -0.3 is 0 Å². The van der Waals surface area contributed by atoms with Gasteiger partial charge in [0.25, 0.3) is 0 Å². The largest absolute Gasteiger partial charge is 0.295 e. The Labute approximate surface area is 79.3 Å². The lowest BCUT2D eigenvalue weighted by Gasteiger charge is -2.26. The third-order valence-electron chi connectivity index (χ3n) is 2.86. The summed E-state index contributed by atoms with van der Waals surface area (Å²) >= 11 is 0. The van der Waals surface area contributed by atoms with Crippen molar-refractivity contribution in [3.8, 4) is 0 Å². The molecule has 1 saturated carbocycles. The van der Waals surface area contributed by atoms with Gasteiger partial charge in [-0.2, -0.15) is 0 Å². The number of hydrogen-bond acceptors (Lipinski definition) is 3. The van der Waals surface area contributed by atoms with E-state index in [0.29, 0.717) is 5.92 Å². The van der Waals surface area contributed by atoms with E-state index in [-0.39, 0.29) is 11.7 Å². The second-order valence-electron chi connectivity index (χ2n) is 3.73. The highest BCUT2D eigenvalue weighted by Gasteiger charge is 2.23. The number of nitrogens with two attached hydrogens (primary N) is 1. The van der Waals surface area contributed by atoms with Crippen LogP contribution in [0.2, 0.25) is 0 Å². The van der Waals surface area contributed by atoms with E-state index in [1.807, 2.05) is 0 Å². The van der Waals surface area contributed by atoms with Crippen LogP contribution in [0, 0.1) is 11.8 Å². The van der Waals surface area contributed by atoms with Crippen LogP contribution in [0.25, 0.3) is 0 Å². The van der Waals surface area contributed by atoms with E-state index in [0.717, 1.165) is 32.2 Å². The molecule has 13 heavy (non-hydrogen) atoms. The van der Waals surface area contributed by atoms with Crippen LogP contribution in [-0.2, 0) is 4.79 Å². The predicted octanol–water partition coefficient (Wildman–Crippen LogP) is 1.01. The molecule has 3 nitrogen and oxygen atoms in total. The lowest BCUT2D eigenvalue weighted by molar-refractivity contribution is -0.119. The summed E-state index contributed by atoms with van der Waals surface area (Å²) in [4.78, 5) is 11.3. The molecule has 3 N–H and O–H groups in total. The number of allylic oxidation sites excluding steroid dienone is 1. The van der Waals surface area contributed by atoms with Crippen molar-refractivity contribution in [2.45, 2.75) is 25.7 Å². The smallest absolute Gasteiger partial charge is 0.158 e. The Bertz CT molecular complexity index is 183. The van der Waals surface area contributed by atoms with Crippen molar-refractivity contribution < 1.29 is 4.79 Å². The van der Waals surface area contributed by atoms with Crippen LogP contribution < -0.4 is 11.3 Å². The molecular formula is C10H18N2O. The molecule has 1 aliphatic carbocycles. The van der Waals surface area contributed by atoms with Gasteiger partial charge in [-0.1, -0.05) is 6.58 Å². The van der Waals surface area contributed by atoms with Crippen LogP contribution in [0.15, 0.2) is 12.7 Å². The zero-order valence-electron chi connectivity index (χ0n) is 7.96. The Kier molecular flexibility index (Phi) is 4.12. The Hall–Kier alpha value is -0.670. The molecule has 0 bridgehead atoms. The lowest BCUT2D eigenvalue weighted by Crippen LogP contribution is -2.32. The summed E-state index contributed by atoms with van der Waals surface area (Å²) in [7, 11) is 0. The first-order chi connectivity index (χ1) is 6.27. The highest BCUT2D eigenvalue weighted by Crippen LogP contribution is 2.28. The molecule has 1 rings (SSSR count). The molecule has 0 aromatic carbocycles. The molecule has 0 unspecified atom stereocenters. The average molecular weight is 182 g/mol. The molecule has 74 valence electrons. The molecule has 0 radical (unpaired) electrons. The first-order valence-corrected chi connectivity index (χ1v) is 4.87. The molecule has 3 heteroatoms. The van der Waals surface area contributed by atoms with Crippen LogP contribution >= 0.6 is 0 Å². The van der Waals surface area contributed by atoms with Gasteiger partial charge in [0.15, 0.2) is 5.78 Å². The number of rotatable bonds is 4. The minimum atomic E-state index is 0.208. The lowest BCUT2D eigenvalue weighted by atomic mass is 9.80. The van der Waals surface area contributed by atoms with Crippen LogP contribution in [0.5, 0.6) is 0 Å². The van der Waals surface area contributed by atoms with Gasteiger partial charge in [-0.05, 0) is 37.7 Å². The van der Waals surface area contributed by atoms with Crippen LogP contribution in [0.4, 0.5) is 0 Å². The van der Waals surface area contributed by atoms with Gasteiger partial charge in [-0.3, -0.25) is 16.1 Å². The fraction of sp³-hybridized carbons (Fsp3) is 0.700. The van der Waals surface area contributed by atoms with Gasteiger partial charge in [0, 0.05) is 12.5 Å². The van der Waals surface area contributed by atoms with E-state index in [9.17, 15) is 4.79 Å². The van der Waals surface area contributed by atoms with E-state index < -0.39 is 0 Å². The number of nitrogens with one attached hydrogen (secondary N) is 1. The molecule has 0 amide bonds. The molecule has 0 spiro atoms. The molecule has 0 saturated heterocycles. The Morgan fingerprint density at radius 3 is 2.54 bits per heavy atom. The fourth-order valence-corrected chi connectivity index (χ4v) is 1.98. The zero-order valence-corrected chi connectivity index (χ0v) is 7.96. The number of ketones is 1. The normalized spacial score (nSPS) is 28.4. The van der Waals surface area contributed by atoms with Gasteiger partial charge in [-0.25, -0.2) is 0 Å². The standard InChI is InChI=1S/C10H18N2O/c1-2-10(13)9-5-3-8(4-6-9)7-12-11/h2,8-9,12H,1,3-7,11H2. The maximum Gasteiger partial charge on any atom is 0.158 e. The van der Waals surface area contributed by atoms with Crippen molar-refractivity contribution in [2.24, 2.45) is 17.7 Å². The van der Waals surface area contributed by atoms with E-state index in [4.69, 9.17) is 5.84 Å². The summed E-state index contributed by atoms with van der Waals surface area (Å²) in [6, 6.07) is 0. The molecule has 1 aliphatic rings. The predicted molar refractivity (Wildman–Crippen MR) is 52.8 cm³/mol. The molecule has 1 fully saturated rings. The summed E-state index contributed by atoms with van der Waals surface area (Å²) in [5.74, 6) is 6.33. The average Bonchev–Trinajstić information content (AvgIpc) is 2.18. The number of carbonyl (C=O) groups excluding carboxylic acids is 1. The van der Waals surface area contributed by atoms with Gasteiger partial charge in [0.1, 0.15) is 0 Å². The van der Waals surface area contributed by atoms with Crippen molar-refractivity contribution in [1.82, 2.24) is 5.43 Å². The SMILES string of the molecule is C=CC(=O)C1CCC(CNN)CC1. The zero-order chi connectivity index (χ0) is 9.68. The third kappa shape index (κ3) is 2.94. The molecule has 0 heterocycles. The van der Waals surface area contributed by atoms with Gasteiger partial charge in [-0.15, -0.1) is 0 Å². The Balaban J connectivity index is 2.30. The second kappa shape index (κ2) is 5.14. The highest BCUT2D eigenvalue weighted by molar-refractivity contribution is 5.91. The quantitative estimate of drug-likeness (QED) is 0.387. The molecule has 0 aromatic heterocycles. The molecule has 0 aliphatic heterocycles. The Morgan fingerprint density at radius 1 is 1.46 bits per heavy atom. The van der Waals surface area contributed by atoms with Gasteiger partial charge in [0.05, 0.1) is 0 Å². The van der Waals surface area contributed by atoms with E-state index in [1.165, 1.54) is 6.08 Å². The van der Waals surface area contributed by atoms with Crippen molar-refractivity contribution >= 4 is 5.78 Å². The van der Waals surface area contributed by atoms with E-state index in [1.54, 1.807) is 0 Å². The first kappa shape index (κ1) is 10.4. The Morgan fingerprint density at radius 2 is 2.08 bits per heavy atom. The maximum atomic E-state index is 11.3. The maximum absolute atomic E-state index is 11.3. The summed E-state index contributed by atoms with van der Waals surface area (Å²) in [5.41, 5.74) is 2.69. The monoisotopic (exact) mass is 182 g/mol. The van der Waals surface area contributed by atoms with Crippen molar-refractivity contribution in [1.29, 1.82) is 0 Å². The highest BCUT2D eigenvalue weighted by atomic mass is 16.1. The summed E-state index contributed by atoms with van der Waals surface area (Å²) in [6.45, 7) is 4.38. The fourth-order valence-electron chi connectivity index (χ4n) is 1.98. The van der Waals surface area contributed by atoms with Crippen molar-refractivity contribution in [2.75, 3.05) is 6.54 Å². The number of carbonyl (C=O) groups is 1. The molecule has 0 aromatic rings. The third-order valence-corrected chi connectivity index (χ3v) is 2.86. The van der Waals surface area contributed by atoms with E-state index in [2.05, 4.69) is 12.0 Å². The van der Waals surface area contributed by atoms with Crippen molar-refractivity contribution in [3.63, 3.8) is 0 Å². The number of hydrogen-bond donors (Lipinski definition) is 2. The van der Waals surface area contributed by atoms with Crippen LogP contribution in [0.3, 0.4) is 0 Å². The van der Waals surface area contributed by atoms with Crippen molar-refractivity contribution in [3.05, 3.63) is 12.7 Å². The van der Waals surface area contributed by atoms with Crippen LogP contribution in [0.1, 0.15) is 25.7 Å². The molecule has 0 atom stereocenters. The summed E-state index contributed by atoms with van der Waals surface area (Å²) in [5, 5.41) is 0. The number of hydrazine groups is 1. The minimum Gasteiger partial charge on any atom is -0.295 e. The molecular weight excluding hydrogens is 164 g/mol. The van der Waals surface area contributed by atoms with Gasteiger partial charge in [0.2, 0.25) is 0 Å². The second-order valence-corrected chi connectivity index (χ2v) is 3.73. The minimum absolute atomic E-state index is 0.208. The summed E-state index contributed by atoms with van der Waals surface area (Å²) < 4.78 is 0. The van der Waals surface area contributed by atoms with E-state index >= 15 is 0 Å². The summed E-state index contributed by atoms with van der Waals surface area (Å²) in [6.07, 6.45) is 5.66. The van der Waals surface area contributed by atoms with Crippen LogP contribution in [-0.4, -0.2) is 12.3 Å². The first-order valence-electron chi connectivity index (χ1n) is 4.87. The van der Waals surface area contributed by atoms with Gasteiger partial charge >= 0.3 is 0 Å².